The molecule has 1 aliphatic carbocycles. The van der Waals surface area contributed by atoms with Crippen molar-refractivity contribution in [1.82, 2.24) is 9.62 Å². The maximum atomic E-state index is 12.5. The molecule has 0 spiro atoms. The Balaban J connectivity index is 0.000000552. The summed E-state index contributed by atoms with van der Waals surface area (Å²) in [6, 6.07) is 9.63. The van der Waals surface area contributed by atoms with Crippen LogP contribution < -0.4 is 15.8 Å². The Labute approximate surface area is 258 Å². The van der Waals surface area contributed by atoms with Crippen LogP contribution in [0.1, 0.15) is 39.2 Å². The van der Waals surface area contributed by atoms with Crippen molar-refractivity contribution in [2.24, 2.45) is 23.7 Å². The molecule has 1 saturated heterocycles. The largest absolute Gasteiger partial charge is 0.495 e. The Kier molecular flexibility index (Phi) is 15.0. The van der Waals surface area contributed by atoms with Crippen LogP contribution in [0, 0.1) is 42.2 Å². The summed E-state index contributed by atoms with van der Waals surface area (Å²) in [5.41, 5.74) is 7.29. The van der Waals surface area contributed by atoms with Crippen LogP contribution in [0.4, 0.5) is 19.3 Å². The maximum absolute atomic E-state index is 12.5. The summed E-state index contributed by atoms with van der Waals surface area (Å²) in [6.07, 6.45) is 1.13. The van der Waals surface area contributed by atoms with Crippen LogP contribution in [-0.4, -0.2) is 68.7 Å². The van der Waals surface area contributed by atoms with E-state index >= 15 is 0 Å². The van der Waals surface area contributed by atoms with Crippen molar-refractivity contribution in [3.63, 3.8) is 0 Å². The number of alkyl carbamates (subject to hydrolysis) is 1. The number of nitrogens with two attached hydrogens (primary N) is 1. The second kappa shape index (κ2) is 17.6. The van der Waals surface area contributed by atoms with Gasteiger partial charge in [-0.25, -0.2) is 17.9 Å². The third-order valence-electron chi connectivity index (χ3n) is 7.39. The number of carbonyl (C=O) groups excluding carboxylic acids is 1. The average Bonchev–Trinajstić information content (AvgIpc) is 3.48. The van der Waals surface area contributed by atoms with Gasteiger partial charge < -0.3 is 35.5 Å². The lowest BCUT2D eigenvalue weighted by atomic mass is 9.98. The Bertz CT molecular complexity index is 1160. The van der Waals surface area contributed by atoms with E-state index in [4.69, 9.17) is 24.7 Å². The third-order valence-corrected chi connectivity index (χ3v) is 8.45. The molecule has 2 aromatic rings. The Morgan fingerprint density at radius 1 is 1.16 bits per heavy atom. The van der Waals surface area contributed by atoms with Crippen LogP contribution in [0.5, 0.6) is 5.75 Å². The van der Waals surface area contributed by atoms with Crippen LogP contribution >= 0.6 is 11.9 Å². The molecule has 4 rings (SSSR count). The standard InChI is InChI=1S/C24H39N3O5S.C7H6F2.H2O/c1-15(2)13-27(33-17-7-8-20(25)21(12-17)29-4)10-6-9-26-24(28)32-22-16(3)11-18-19(22)14-31-23(18)30-5;1-5-2-3-6(8)7(9)4-5;/h7-8,12,15-16,18-19,22-23H,6,9-11,13-14,25H2,1-5H3,(H,26,28);2-4H,1H3;1H2. The maximum Gasteiger partial charge on any atom is 0.407 e. The summed E-state index contributed by atoms with van der Waals surface area (Å²) in [4.78, 5) is 13.5. The van der Waals surface area contributed by atoms with Gasteiger partial charge in [-0.3, -0.25) is 0 Å². The van der Waals surface area contributed by atoms with Crippen molar-refractivity contribution in [2.75, 3.05) is 46.2 Å². The van der Waals surface area contributed by atoms with Gasteiger partial charge in [0, 0.05) is 43.5 Å². The second-order valence-electron chi connectivity index (χ2n) is 11.3. The van der Waals surface area contributed by atoms with Crippen LogP contribution in [0.3, 0.4) is 0 Å². The van der Waals surface area contributed by atoms with Gasteiger partial charge in [0.1, 0.15) is 11.9 Å². The number of anilines is 1. The number of fused-ring (bicyclic) bond motifs is 1. The van der Waals surface area contributed by atoms with Crippen LogP contribution in [-0.2, 0) is 14.2 Å². The monoisotopic (exact) mass is 627 g/mol. The number of benzene rings is 2. The molecule has 12 heteroatoms. The minimum absolute atomic E-state index is 0. The highest BCUT2D eigenvalue weighted by Crippen LogP contribution is 2.45. The summed E-state index contributed by atoms with van der Waals surface area (Å²) in [7, 11) is 3.29. The van der Waals surface area contributed by atoms with E-state index in [1.165, 1.54) is 6.07 Å². The van der Waals surface area contributed by atoms with Gasteiger partial charge in [0.15, 0.2) is 17.9 Å². The predicted octanol–water partition coefficient (Wildman–Crippen LogP) is 5.45. The number of carbonyl (C=O) groups is 1. The summed E-state index contributed by atoms with van der Waals surface area (Å²) >= 11 is 1.68. The van der Waals surface area contributed by atoms with Crippen molar-refractivity contribution in [1.29, 1.82) is 0 Å². The molecule has 5 atom stereocenters. The molecule has 5 unspecified atom stereocenters. The van der Waals surface area contributed by atoms with E-state index in [1.54, 1.807) is 33.1 Å². The number of hydrogen-bond acceptors (Lipinski definition) is 8. The molecule has 0 bridgehead atoms. The molecule has 1 amide bonds. The number of rotatable bonds is 11. The molecule has 2 aromatic carbocycles. The number of nitrogens with zero attached hydrogens (tertiary/aromatic N) is 1. The van der Waals surface area contributed by atoms with Gasteiger partial charge in [-0.2, -0.15) is 0 Å². The smallest absolute Gasteiger partial charge is 0.407 e. The zero-order valence-electron chi connectivity index (χ0n) is 25.9. The first-order chi connectivity index (χ1) is 20.0. The van der Waals surface area contributed by atoms with Crippen molar-refractivity contribution >= 4 is 23.7 Å². The minimum atomic E-state index is -0.791. The van der Waals surface area contributed by atoms with Crippen LogP contribution in [0.2, 0.25) is 0 Å². The normalized spacial score (nSPS) is 22.4. The van der Waals surface area contributed by atoms with Crippen molar-refractivity contribution in [2.45, 2.75) is 57.8 Å². The first-order valence-corrected chi connectivity index (χ1v) is 15.2. The summed E-state index contributed by atoms with van der Waals surface area (Å²) in [5, 5.41) is 2.93. The molecule has 2 fully saturated rings. The van der Waals surface area contributed by atoms with E-state index in [0.717, 1.165) is 48.5 Å². The van der Waals surface area contributed by atoms with Gasteiger partial charge >= 0.3 is 6.09 Å². The topological polar surface area (TPSA) is 127 Å². The molecule has 1 heterocycles. The fourth-order valence-corrected chi connectivity index (χ4v) is 6.58. The van der Waals surface area contributed by atoms with E-state index in [9.17, 15) is 13.6 Å². The summed E-state index contributed by atoms with van der Waals surface area (Å²) in [6.45, 7) is 11.2. The number of nitrogen functional groups attached to an aromatic ring is 1. The van der Waals surface area contributed by atoms with Gasteiger partial charge in [0.2, 0.25) is 0 Å². The van der Waals surface area contributed by atoms with E-state index in [-0.39, 0.29) is 29.9 Å². The van der Waals surface area contributed by atoms with E-state index in [1.807, 2.05) is 18.2 Å². The molecule has 5 N–H and O–H groups in total. The van der Waals surface area contributed by atoms with Crippen LogP contribution in [0.15, 0.2) is 41.3 Å². The van der Waals surface area contributed by atoms with Crippen molar-refractivity contribution < 1.29 is 38.0 Å². The van der Waals surface area contributed by atoms with E-state index in [0.29, 0.717) is 42.3 Å². The zero-order valence-corrected chi connectivity index (χ0v) is 26.7. The van der Waals surface area contributed by atoms with Gasteiger partial charge in [-0.15, -0.1) is 0 Å². The highest BCUT2D eigenvalue weighted by molar-refractivity contribution is 7.97. The van der Waals surface area contributed by atoms with Crippen molar-refractivity contribution in [3.05, 3.63) is 53.6 Å². The van der Waals surface area contributed by atoms with Gasteiger partial charge in [-0.1, -0.05) is 26.8 Å². The molecule has 0 aromatic heterocycles. The molecule has 2 aliphatic rings. The van der Waals surface area contributed by atoms with Gasteiger partial charge in [-0.05, 0) is 79.4 Å². The fourth-order valence-electron chi connectivity index (χ4n) is 5.40. The first-order valence-electron chi connectivity index (χ1n) is 14.4. The average molecular weight is 628 g/mol. The molecule has 43 heavy (non-hydrogen) atoms. The van der Waals surface area contributed by atoms with Crippen molar-refractivity contribution in [3.8, 4) is 5.75 Å². The third kappa shape index (κ3) is 10.8. The quantitative estimate of drug-likeness (QED) is 0.191. The molecule has 1 aliphatic heterocycles. The SMILES string of the molecule is COc1cc(SN(CCCNC(=O)OC2C(C)CC3C(OC)OCC32)CC(C)C)ccc1N.Cc1ccc(F)c(F)c1.O. The number of nitrogens with one attached hydrogen (secondary N) is 1. The Morgan fingerprint density at radius 3 is 2.53 bits per heavy atom. The number of halogens is 2. The number of amides is 1. The van der Waals surface area contributed by atoms with E-state index < -0.39 is 11.6 Å². The highest BCUT2D eigenvalue weighted by atomic mass is 32.2. The molecule has 0 radical (unpaired) electrons. The van der Waals surface area contributed by atoms with Gasteiger partial charge in [0.05, 0.1) is 19.4 Å². The Morgan fingerprint density at radius 2 is 1.91 bits per heavy atom. The lowest BCUT2D eigenvalue weighted by Gasteiger charge is -2.24. The van der Waals surface area contributed by atoms with E-state index in [2.05, 4.69) is 30.4 Å². The number of hydrogen-bond donors (Lipinski definition) is 2. The number of aryl methyl sites for hydroxylation is 1. The molecule has 1 saturated carbocycles. The highest BCUT2D eigenvalue weighted by Gasteiger charge is 2.51. The first kappa shape index (κ1) is 36.6. The summed E-state index contributed by atoms with van der Waals surface area (Å²) < 4.78 is 48.9. The minimum Gasteiger partial charge on any atom is -0.495 e. The predicted molar refractivity (Wildman–Crippen MR) is 165 cm³/mol. The Hall–Kier alpha value is -2.64. The van der Waals surface area contributed by atoms with Crippen LogP contribution in [0.25, 0.3) is 0 Å². The lowest BCUT2D eigenvalue weighted by molar-refractivity contribution is -0.112. The fraction of sp³-hybridized carbons (Fsp3) is 0.581. The summed E-state index contributed by atoms with van der Waals surface area (Å²) in [5.74, 6) is 0.453. The second-order valence-corrected chi connectivity index (χ2v) is 12.5. The zero-order chi connectivity index (χ0) is 30.8. The number of ether oxygens (including phenoxy) is 4. The molecule has 242 valence electrons. The molecular weight excluding hydrogens is 580 g/mol. The van der Waals surface area contributed by atoms with Gasteiger partial charge in [0.25, 0.3) is 0 Å². The lowest BCUT2D eigenvalue weighted by Crippen LogP contribution is -2.35. The molecular formula is C31H47F2N3O6S. The molecule has 9 nitrogen and oxygen atoms in total. The number of methoxy groups -OCH3 is 2.